The molecule has 0 atom stereocenters. The first-order valence-corrected chi connectivity index (χ1v) is 5.71. The Bertz CT molecular complexity index is 517. The molecule has 0 saturated heterocycles. The Morgan fingerprint density at radius 3 is 2.71 bits per heavy atom. The Morgan fingerprint density at radius 1 is 1.12 bits per heavy atom. The summed E-state index contributed by atoms with van der Waals surface area (Å²) in [5.74, 6) is 1.11. The molecule has 0 aliphatic rings. The normalized spacial score (nSPS) is 10.4. The predicted molar refractivity (Wildman–Crippen MR) is 70.6 cm³/mol. The second-order valence-electron chi connectivity index (χ2n) is 3.95. The number of benzene rings is 2. The van der Waals surface area contributed by atoms with Gasteiger partial charge in [-0.15, -0.1) is 0 Å². The Morgan fingerprint density at radius 2 is 1.88 bits per heavy atom. The van der Waals surface area contributed by atoms with E-state index in [0.29, 0.717) is 13.0 Å². The lowest BCUT2D eigenvalue weighted by molar-refractivity contribution is 0.317. The minimum atomic E-state index is 0.214. The van der Waals surface area contributed by atoms with Gasteiger partial charge in [0.05, 0.1) is 12.4 Å². The average Bonchev–Trinajstić information content (AvgIpc) is 2.34. The monoisotopic (exact) mass is 228 g/mol. The summed E-state index contributed by atoms with van der Waals surface area (Å²) in [6.45, 7) is 0.591. The number of nitrogens with two attached hydrogens (primary N) is 1. The van der Waals surface area contributed by atoms with Crippen LogP contribution in [0.25, 0.3) is 10.8 Å². The Labute approximate surface area is 101 Å². The summed E-state index contributed by atoms with van der Waals surface area (Å²) in [5, 5.41) is 9.43. The number of rotatable bonds is 5. The highest BCUT2D eigenvalue weighted by Crippen LogP contribution is 2.25. The lowest BCUT2D eigenvalue weighted by Gasteiger charge is -2.08. The Hall–Kier alpha value is -2.03. The summed E-state index contributed by atoms with van der Waals surface area (Å²) in [7, 11) is 0. The van der Waals surface area contributed by atoms with Gasteiger partial charge in [-0.25, -0.2) is 0 Å². The van der Waals surface area contributed by atoms with Crippen molar-refractivity contribution in [1.82, 2.24) is 0 Å². The standard InChI is InChI=1S/C14H16N2O/c15-14(16)9-4-10-17-13-8-3-6-11-5-1-2-7-12(11)13/h1-3,5-8H,4,9-10H2,(H3,15,16). The van der Waals surface area contributed by atoms with E-state index in [1.165, 1.54) is 5.39 Å². The molecule has 0 spiro atoms. The molecule has 2 aromatic rings. The molecule has 0 saturated carbocycles. The van der Waals surface area contributed by atoms with Gasteiger partial charge in [0.15, 0.2) is 0 Å². The highest BCUT2D eigenvalue weighted by molar-refractivity contribution is 5.88. The van der Waals surface area contributed by atoms with Crippen molar-refractivity contribution in [2.24, 2.45) is 5.73 Å². The van der Waals surface area contributed by atoms with E-state index in [0.717, 1.165) is 17.6 Å². The maximum Gasteiger partial charge on any atom is 0.127 e. The first kappa shape index (κ1) is 11.5. The second kappa shape index (κ2) is 5.34. The fourth-order valence-corrected chi connectivity index (χ4v) is 1.77. The maximum atomic E-state index is 7.13. The van der Waals surface area contributed by atoms with Crippen molar-refractivity contribution in [3.8, 4) is 5.75 Å². The van der Waals surface area contributed by atoms with Gasteiger partial charge in [0, 0.05) is 11.8 Å². The zero-order chi connectivity index (χ0) is 12.1. The molecule has 0 bridgehead atoms. The van der Waals surface area contributed by atoms with Gasteiger partial charge in [0.25, 0.3) is 0 Å². The number of hydrogen-bond donors (Lipinski definition) is 2. The molecule has 0 aromatic heterocycles. The highest BCUT2D eigenvalue weighted by atomic mass is 16.5. The quantitative estimate of drug-likeness (QED) is 0.469. The van der Waals surface area contributed by atoms with Crippen molar-refractivity contribution in [2.45, 2.75) is 12.8 Å². The van der Waals surface area contributed by atoms with Crippen molar-refractivity contribution in [1.29, 1.82) is 5.41 Å². The molecule has 0 radical (unpaired) electrons. The van der Waals surface area contributed by atoms with Crippen LogP contribution in [0.5, 0.6) is 5.75 Å². The predicted octanol–water partition coefficient (Wildman–Crippen LogP) is 2.93. The summed E-state index contributed by atoms with van der Waals surface area (Å²) in [6.07, 6.45) is 1.36. The Kier molecular flexibility index (Phi) is 3.60. The van der Waals surface area contributed by atoms with Gasteiger partial charge in [0.2, 0.25) is 0 Å². The van der Waals surface area contributed by atoms with Crippen molar-refractivity contribution in [3.05, 3.63) is 42.5 Å². The summed E-state index contributed by atoms with van der Waals surface area (Å²) in [4.78, 5) is 0. The number of fused-ring (bicyclic) bond motifs is 1. The van der Waals surface area contributed by atoms with Gasteiger partial charge in [-0.3, -0.25) is 5.41 Å². The van der Waals surface area contributed by atoms with Crippen LogP contribution in [-0.2, 0) is 0 Å². The number of hydrogen-bond acceptors (Lipinski definition) is 2. The van der Waals surface area contributed by atoms with Gasteiger partial charge >= 0.3 is 0 Å². The molecule has 0 amide bonds. The van der Waals surface area contributed by atoms with Crippen LogP contribution < -0.4 is 10.5 Å². The smallest absolute Gasteiger partial charge is 0.127 e. The van der Waals surface area contributed by atoms with Gasteiger partial charge in [-0.2, -0.15) is 0 Å². The molecule has 0 fully saturated rings. The summed E-state index contributed by atoms with van der Waals surface area (Å²) in [5.41, 5.74) is 5.29. The molecule has 3 nitrogen and oxygen atoms in total. The molecule has 17 heavy (non-hydrogen) atoms. The molecule has 3 heteroatoms. The van der Waals surface area contributed by atoms with Crippen molar-refractivity contribution in [3.63, 3.8) is 0 Å². The van der Waals surface area contributed by atoms with E-state index in [2.05, 4.69) is 18.2 Å². The van der Waals surface area contributed by atoms with E-state index in [1.54, 1.807) is 0 Å². The van der Waals surface area contributed by atoms with Crippen LogP contribution in [0.1, 0.15) is 12.8 Å². The molecule has 2 aromatic carbocycles. The zero-order valence-corrected chi connectivity index (χ0v) is 9.65. The van der Waals surface area contributed by atoms with Crippen LogP contribution in [-0.4, -0.2) is 12.4 Å². The summed E-state index contributed by atoms with van der Waals surface area (Å²) in [6, 6.07) is 14.2. The zero-order valence-electron chi connectivity index (χ0n) is 9.65. The maximum absolute atomic E-state index is 7.13. The van der Waals surface area contributed by atoms with Gasteiger partial charge in [-0.05, 0) is 17.9 Å². The lowest BCUT2D eigenvalue weighted by Crippen LogP contribution is -2.11. The number of ether oxygens (including phenoxy) is 1. The van der Waals surface area contributed by atoms with Crippen molar-refractivity contribution in [2.75, 3.05) is 6.61 Å². The van der Waals surface area contributed by atoms with E-state index in [9.17, 15) is 0 Å². The first-order chi connectivity index (χ1) is 8.27. The lowest BCUT2D eigenvalue weighted by atomic mass is 10.1. The summed E-state index contributed by atoms with van der Waals surface area (Å²) < 4.78 is 5.72. The van der Waals surface area contributed by atoms with E-state index < -0.39 is 0 Å². The topological polar surface area (TPSA) is 59.1 Å². The average molecular weight is 228 g/mol. The van der Waals surface area contributed by atoms with E-state index in [1.807, 2.05) is 24.3 Å². The first-order valence-electron chi connectivity index (χ1n) is 5.71. The molecule has 3 N–H and O–H groups in total. The van der Waals surface area contributed by atoms with Crippen LogP contribution in [0, 0.1) is 5.41 Å². The minimum Gasteiger partial charge on any atom is -0.493 e. The highest BCUT2D eigenvalue weighted by Gasteiger charge is 2.00. The van der Waals surface area contributed by atoms with E-state index in [4.69, 9.17) is 15.9 Å². The van der Waals surface area contributed by atoms with Gasteiger partial charge in [-0.1, -0.05) is 36.4 Å². The van der Waals surface area contributed by atoms with Crippen LogP contribution in [0.15, 0.2) is 42.5 Å². The van der Waals surface area contributed by atoms with Crippen LogP contribution >= 0.6 is 0 Å². The molecular formula is C14H16N2O. The molecular weight excluding hydrogens is 212 g/mol. The minimum absolute atomic E-state index is 0.214. The van der Waals surface area contributed by atoms with Crippen molar-refractivity contribution >= 4 is 16.6 Å². The van der Waals surface area contributed by atoms with Crippen LogP contribution in [0.2, 0.25) is 0 Å². The third-order valence-corrected chi connectivity index (χ3v) is 2.60. The largest absolute Gasteiger partial charge is 0.493 e. The van der Waals surface area contributed by atoms with E-state index in [-0.39, 0.29) is 5.84 Å². The van der Waals surface area contributed by atoms with E-state index >= 15 is 0 Å². The van der Waals surface area contributed by atoms with Crippen molar-refractivity contribution < 1.29 is 4.74 Å². The SMILES string of the molecule is N=C(N)CCCOc1cccc2ccccc12. The van der Waals surface area contributed by atoms with Crippen LogP contribution in [0.3, 0.4) is 0 Å². The fraction of sp³-hybridized carbons (Fsp3) is 0.214. The Balaban J connectivity index is 2.05. The third kappa shape index (κ3) is 2.97. The second-order valence-corrected chi connectivity index (χ2v) is 3.95. The fourth-order valence-electron chi connectivity index (χ4n) is 1.77. The number of nitrogens with one attached hydrogen (secondary N) is 1. The molecule has 2 rings (SSSR count). The van der Waals surface area contributed by atoms with Crippen LogP contribution in [0.4, 0.5) is 0 Å². The van der Waals surface area contributed by atoms with Gasteiger partial charge < -0.3 is 10.5 Å². The molecule has 0 aliphatic carbocycles. The molecule has 0 heterocycles. The molecule has 0 aliphatic heterocycles. The number of amidine groups is 1. The third-order valence-electron chi connectivity index (χ3n) is 2.60. The van der Waals surface area contributed by atoms with Gasteiger partial charge in [0.1, 0.15) is 5.75 Å². The molecule has 0 unspecified atom stereocenters. The molecule has 88 valence electrons. The summed E-state index contributed by atoms with van der Waals surface area (Å²) >= 11 is 0.